The van der Waals surface area contributed by atoms with Crippen LogP contribution in [0.25, 0.3) is 0 Å². The lowest BCUT2D eigenvalue weighted by molar-refractivity contribution is 0.410. The quantitative estimate of drug-likeness (QED) is 0.497. The second-order valence-electron chi connectivity index (χ2n) is 2.38. The van der Waals surface area contributed by atoms with Crippen molar-refractivity contribution in [2.75, 3.05) is 12.8 Å². The monoisotopic (exact) mass is 169 g/mol. The van der Waals surface area contributed by atoms with Crippen molar-refractivity contribution < 1.29 is 4.74 Å². The Morgan fingerprint density at radius 2 is 2.09 bits per heavy atom. The molecule has 2 N–H and O–H groups in total. The van der Waals surface area contributed by atoms with Crippen LogP contribution in [0.3, 0.4) is 0 Å². The van der Waals surface area contributed by atoms with Crippen LogP contribution in [0.15, 0.2) is 17.0 Å². The highest BCUT2D eigenvalue weighted by atomic mass is 32.1. The van der Waals surface area contributed by atoms with Crippen molar-refractivity contribution in [3.8, 4) is 5.75 Å². The van der Waals surface area contributed by atoms with Gasteiger partial charge in [0, 0.05) is 10.6 Å². The first-order valence-electron chi connectivity index (χ1n) is 3.28. The number of benzene rings is 1. The zero-order chi connectivity index (χ0) is 8.43. The van der Waals surface area contributed by atoms with Crippen LogP contribution in [-0.2, 0) is 0 Å². The summed E-state index contributed by atoms with van der Waals surface area (Å²) in [5.74, 6) is 0.823. The van der Waals surface area contributed by atoms with Gasteiger partial charge in [-0.2, -0.15) is 0 Å². The molecule has 0 saturated carbocycles. The van der Waals surface area contributed by atoms with Crippen LogP contribution >= 0.6 is 12.6 Å². The van der Waals surface area contributed by atoms with E-state index in [4.69, 9.17) is 10.5 Å². The number of ether oxygens (including phenoxy) is 1. The summed E-state index contributed by atoms with van der Waals surface area (Å²) in [5.41, 5.74) is 7.33. The normalized spacial score (nSPS) is 9.73. The van der Waals surface area contributed by atoms with E-state index in [-0.39, 0.29) is 0 Å². The average molecular weight is 169 g/mol. The van der Waals surface area contributed by atoms with Crippen molar-refractivity contribution in [3.05, 3.63) is 17.7 Å². The van der Waals surface area contributed by atoms with E-state index < -0.39 is 0 Å². The van der Waals surface area contributed by atoms with Crippen molar-refractivity contribution >= 4 is 18.3 Å². The van der Waals surface area contributed by atoms with Gasteiger partial charge in [0.05, 0.1) is 7.11 Å². The molecule has 0 saturated heterocycles. The minimum Gasteiger partial charge on any atom is -0.496 e. The molecule has 0 unspecified atom stereocenters. The van der Waals surface area contributed by atoms with Crippen LogP contribution in [0.1, 0.15) is 5.56 Å². The molecule has 1 rings (SSSR count). The first-order valence-corrected chi connectivity index (χ1v) is 3.73. The molecule has 0 fully saturated rings. The summed E-state index contributed by atoms with van der Waals surface area (Å²) in [6.07, 6.45) is 0. The molecule has 11 heavy (non-hydrogen) atoms. The van der Waals surface area contributed by atoms with Crippen LogP contribution in [-0.4, -0.2) is 7.11 Å². The molecule has 0 aromatic heterocycles. The average Bonchev–Trinajstić information content (AvgIpc) is 1.97. The van der Waals surface area contributed by atoms with Gasteiger partial charge in [-0.25, -0.2) is 0 Å². The third-order valence-electron chi connectivity index (χ3n) is 1.54. The summed E-state index contributed by atoms with van der Waals surface area (Å²) in [4.78, 5) is 0.757. The maximum absolute atomic E-state index is 5.61. The van der Waals surface area contributed by atoms with E-state index in [9.17, 15) is 0 Å². The van der Waals surface area contributed by atoms with Crippen LogP contribution in [0.4, 0.5) is 5.69 Å². The lowest BCUT2D eigenvalue weighted by Crippen LogP contribution is -1.92. The highest BCUT2D eigenvalue weighted by Gasteiger charge is 2.01. The topological polar surface area (TPSA) is 35.2 Å². The highest BCUT2D eigenvalue weighted by molar-refractivity contribution is 7.80. The molecular weight excluding hydrogens is 158 g/mol. The van der Waals surface area contributed by atoms with Gasteiger partial charge in [-0.3, -0.25) is 0 Å². The zero-order valence-electron chi connectivity index (χ0n) is 6.59. The Balaban J connectivity index is 3.21. The zero-order valence-corrected chi connectivity index (χ0v) is 7.48. The minimum absolute atomic E-state index is 0.687. The van der Waals surface area contributed by atoms with Crippen LogP contribution in [0.5, 0.6) is 5.75 Å². The van der Waals surface area contributed by atoms with E-state index in [0.717, 1.165) is 16.2 Å². The fourth-order valence-corrected chi connectivity index (χ4v) is 1.10. The van der Waals surface area contributed by atoms with Gasteiger partial charge in [-0.1, -0.05) is 0 Å². The molecule has 0 aliphatic rings. The van der Waals surface area contributed by atoms with E-state index in [1.54, 1.807) is 7.11 Å². The molecule has 3 heteroatoms. The summed E-state index contributed by atoms with van der Waals surface area (Å²) in [7, 11) is 1.63. The molecule has 0 amide bonds. The number of hydrogen-bond donors (Lipinski definition) is 2. The number of nitrogen functional groups attached to an aromatic ring is 1. The summed E-state index contributed by atoms with van der Waals surface area (Å²) in [6.45, 7) is 1.95. The number of aryl methyl sites for hydroxylation is 1. The van der Waals surface area contributed by atoms with Crippen molar-refractivity contribution in [3.63, 3.8) is 0 Å². The third kappa shape index (κ3) is 1.60. The van der Waals surface area contributed by atoms with Gasteiger partial charge in [0.15, 0.2) is 0 Å². The smallest absolute Gasteiger partial charge is 0.123 e. The Hall–Kier alpha value is -0.830. The Bertz CT molecular complexity index is 273. The predicted octanol–water partition coefficient (Wildman–Crippen LogP) is 1.87. The lowest BCUT2D eigenvalue weighted by Gasteiger charge is -2.06. The minimum atomic E-state index is 0.687. The lowest BCUT2D eigenvalue weighted by atomic mass is 10.2. The van der Waals surface area contributed by atoms with Gasteiger partial charge in [0.2, 0.25) is 0 Å². The maximum atomic E-state index is 5.61. The van der Waals surface area contributed by atoms with Gasteiger partial charge >= 0.3 is 0 Å². The van der Waals surface area contributed by atoms with Gasteiger partial charge in [-0.05, 0) is 24.6 Å². The van der Waals surface area contributed by atoms with Gasteiger partial charge in [-0.15, -0.1) is 12.6 Å². The van der Waals surface area contributed by atoms with Crippen molar-refractivity contribution in [2.24, 2.45) is 0 Å². The second-order valence-corrected chi connectivity index (χ2v) is 2.86. The van der Waals surface area contributed by atoms with Gasteiger partial charge in [0.25, 0.3) is 0 Å². The van der Waals surface area contributed by atoms with Crippen LogP contribution in [0.2, 0.25) is 0 Å². The molecule has 0 atom stereocenters. The number of methoxy groups -OCH3 is 1. The third-order valence-corrected chi connectivity index (χ3v) is 1.93. The van der Waals surface area contributed by atoms with Gasteiger partial charge < -0.3 is 10.5 Å². The predicted molar refractivity (Wildman–Crippen MR) is 49.4 cm³/mol. The van der Waals surface area contributed by atoms with Crippen molar-refractivity contribution in [2.45, 2.75) is 11.8 Å². The second kappa shape index (κ2) is 3.05. The SMILES string of the molecule is COc1cc(S)c(N)cc1C. The Kier molecular flexibility index (Phi) is 2.29. The van der Waals surface area contributed by atoms with Crippen LogP contribution < -0.4 is 10.5 Å². The fraction of sp³-hybridized carbons (Fsp3) is 0.250. The molecule has 0 radical (unpaired) electrons. The Morgan fingerprint density at radius 1 is 1.45 bits per heavy atom. The first-order chi connectivity index (χ1) is 5.15. The molecular formula is C8H11NOS. The molecule has 0 heterocycles. The summed E-state index contributed by atoms with van der Waals surface area (Å²) < 4.78 is 5.08. The highest BCUT2D eigenvalue weighted by Crippen LogP contribution is 2.26. The van der Waals surface area contributed by atoms with E-state index >= 15 is 0 Å². The number of hydrogen-bond acceptors (Lipinski definition) is 3. The van der Waals surface area contributed by atoms with E-state index in [0.29, 0.717) is 5.69 Å². The van der Waals surface area contributed by atoms with Crippen LogP contribution in [0, 0.1) is 6.92 Å². The van der Waals surface area contributed by atoms with E-state index in [1.807, 2.05) is 19.1 Å². The number of rotatable bonds is 1. The molecule has 0 aliphatic carbocycles. The maximum Gasteiger partial charge on any atom is 0.123 e. The molecule has 0 bridgehead atoms. The van der Waals surface area contributed by atoms with Gasteiger partial charge in [0.1, 0.15) is 5.75 Å². The van der Waals surface area contributed by atoms with Crippen molar-refractivity contribution in [1.29, 1.82) is 0 Å². The number of nitrogens with two attached hydrogens (primary N) is 1. The summed E-state index contributed by atoms with van der Waals surface area (Å²) in [5, 5.41) is 0. The molecule has 2 nitrogen and oxygen atoms in total. The molecule has 0 spiro atoms. The first kappa shape index (κ1) is 8.27. The van der Waals surface area contributed by atoms with E-state index in [1.165, 1.54) is 0 Å². The summed E-state index contributed by atoms with van der Waals surface area (Å²) in [6, 6.07) is 3.66. The summed E-state index contributed by atoms with van der Waals surface area (Å²) >= 11 is 4.16. The Labute approximate surface area is 71.8 Å². The Morgan fingerprint density at radius 3 is 2.64 bits per heavy atom. The van der Waals surface area contributed by atoms with E-state index in [2.05, 4.69) is 12.6 Å². The van der Waals surface area contributed by atoms with Crippen molar-refractivity contribution in [1.82, 2.24) is 0 Å². The molecule has 1 aromatic rings. The largest absolute Gasteiger partial charge is 0.496 e. The number of anilines is 1. The molecule has 1 aromatic carbocycles. The number of thiol groups is 1. The fourth-order valence-electron chi connectivity index (χ4n) is 0.920. The molecule has 60 valence electrons. The standard InChI is InChI=1S/C8H11NOS/c1-5-3-6(9)8(11)4-7(5)10-2/h3-4,11H,9H2,1-2H3. The molecule has 0 aliphatic heterocycles.